The highest BCUT2D eigenvalue weighted by atomic mass is 16.5. The van der Waals surface area contributed by atoms with Gasteiger partial charge in [-0.05, 0) is 104 Å². The molecule has 0 radical (unpaired) electrons. The van der Waals surface area contributed by atoms with Gasteiger partial charge in [0.15, 0.2) is 0 Å². The first-order valence-corrected chi connectivity index (χ1v) is 20.2. The Kier molecular flexibility index (Phi) is 15.0. The molecule has 0 aromatic rings. The molecule has 272 valence electrons. The predicted molar refractivity (Wildman–Crippen MR) is 189 cm³/mol. The third kappa shape index (κ3) is 9.35. The van der Waals surface area contributed by atoms with Crippen LogP contribution in [0.3, 0.4) is 0 Å². The topological polar surface area (TPSA) is 93.1 Å². The Balaban J connectivity index is 1.19. The first-order chi connectivity index (χ1) is 22.6. The van der Waals surface area contributed by atoms with E-state index in [1.807, 2.05) is 0 Å². The van der Waals surface area contributed by atoms with E-state index in [0.29, 0.717) is 36.5 Å². The molecule has 4 aliphatic carbocycles. The van der Waals surface area contributed by atoms with Crippen LogP contribution < -0.4 is 0 Å². The highest BCUT2D eigenvalue weighted by Crippen LogP contribution is 2.68. The maximum absolute atomic E-state index is 12.8. The van der Waals surface area contributed by atoms with Gasteiger partial charge in [0, 0.05) is 12.8 Å². The molecule has 4 rings (SSSR count). The Morgan fingerprint density at radius 3 is 2.00 bits per heavy atom. The molecular weight excluding hydrogens is 588 g/mol. The number of methoxy groups -OCH3 is 1. The molecule has 4 fully saturated rings. The van der Waals surface area contributed by atoms with Gasteiger partial charge in [-0.1, -0.05) is 105 Å². The lowest BCUT2D eigenvalue weighted by atomic mass is 9.43. The van der Waals surface area contributed by atoms with Crippen LogP contribution in [0.5, 0.6) is 0 Å². The van der Waals surface area contributed by atoms with Gasteiger partial charge >= 0.3 is 11.9 Å². The van der Waals surface area contributed by atoms with E-state index >= 15 is 0 Å². The van der Waals surface area contributed by atoms with E-state index in [9.17, 15) is 19.8 Å². The predicted octanol–water partition coefficient (Wildman–Crippen LogP) is 9.57. The van der Waals surface area contributed by atoms with Crippen molar-refractivity contribution in [2.24, 2.45) is 46.3 Å². The lowest BCUT2D eigenvalue weighted by Gasteiger charge is -2.63. The molecule has 0 aromatic carbocycles. The zero-order valence-corrected chi connectivity index (χ0v) is 31.0. The van der Waals surface area contributed by atoms with Gasteiger partial charge in [0.25, 0.3) is 0 Å². The lowest BCUT2D eigenvalue weighted by Crippen LogP contribution is -2.62. The fourth-order valence-electron chi connectivity index (χ4n) is 11.4. The summed E-state index contributed by atoms with van der Waals surface area (Å²) in [6, 6.07) is 0. The van der Waals surface area contributed by atoms with Crippen molar-refractivity contribution < 1.29 is 29.3 Å². The first kappa shape index (κ1) is 38.7. The molecule has 0 spiro atoms. The number of esters is 2. The van der Waals surface area contributed by atoms with E-state index in [1.54, 1.807) is 0 Å². The molecule has 4 aliphatic rings. The van der Waals surface area contributed by atoms with E-state index in [2.05, 4.69) is 27.7 Å². The molecule has 2 N–H and O–H groups in total. The summed E-state index contributed by atoms with van der Waals surface area (Å²) in [6.07, 6.45) is 24.1. The minimum absolute atomic E-state index is 0.0434. The summed E-state index contributed by atoms with van der Waals surface area (Å²) in [5.41, 5.74) is -0.181. The van der Waals surface area contributed by atoms with Crippen molar-refractivity contribution in [3.63, 3.8) is 0 Å². The van der Waals surface area contributed by atoms with Crippen molar-refractivity contribution in [2.45, 2.75) is 194 Å². The third-order valence-corrected chi connectivity index (χ3v) is 14.3. The van der Waals surface area contributed by atoms with Gasteiger partial charge in [0.2, 0.25) is 0 Å². The second-order valence-electron chi connectivity index (χ2n) is 17.1. The molecule has 4 saturated carbocycles. The molecule has 6 nitrogen and oxygen atoms in total. The van der Waals surface area contributed by atoms with Gasteiger partial charge < -0.3 is 19.7 Å². The fraction of sp³-hybridized carbons (Fsp3) is 0.951. The van der Waals surface area contributed by atoms with Gasteiger partial charge in [-0.15, -0.1) is 0 Å². The quantitative estimate of drug-likeness (QED) is 0.106. The van der Waals surface area contributed by atoms with Crippen molar-refractivity contribution in [3.8, 4) is 0 Å². The number of carbonyl (C=O) groups excluding carboxylic acids is 2. The minimum atomic E-state index is -0.402. The molecule has 0 heterocycles. The van der Waals surface area contributed by atoms with E-state index in [-0.39, 0.29) is 46.8 Å². The van der Waals surface area contributed by atoms with Crippen LogP contribution in [0.25, 0.3) is 0 Å². The normalized spacial score (nSPS) is 37.0. The van der Waals surface area contributed by atoms with Crippen LogP contribution in [0.4, 0.5) is 0 Å². The Labute approximate surface area is 287 Å². The third-order valence-electron chi connectivity index (χ3n) is 14.3. The first-order valence-electron chi connectivity index (χ1n) is 20.2. The number of aliphatic hydroxyl groups is 2. The van der Waals surface area contributed by atoms with E-state index in [0.717, 1.165) is 64.2 Å². The van der Waals surface area contributed by atoms with Crippen LogP contribution >= 0.6 is 0 Å². The summed E-state index contributed by atoms with van der Waals surface area (Å²) in [5.74, 6) is 1.56. The second-order valence-corrected chi connectivity index (χ2v) is 17.1. The van der Waals surface area contributed by atoms with Crippen molar-refractivity contribution in [1.82, 2.24) is 0 Å². The molecule has 0 aromatic heterocycles. The molecule has 6 heteroatoms. The van der Waals surface area contributed by atoms with Crippen LogP contribution in [0.1, 0.15) is 175 Å². The summed E-state index contributed by atoms with van der Waals surface area (Å²) in [4.78, 5) is 24.7. The largest absolute Gasteiger partial charge is 0.469 e. The number of fused-ring (bicyclic) bond motifs is 5. The van der Waals surface area contributed by atoms with Crippen LogP contribution in [0, 0.1) is 46.3 Å². The van der Waals surface area contributed by atoms with E-state index in [1.165, 1.54) is 77.7 Å². The number of aliphatic hydroxyl groups excluding tert-OH is 2. The fourth-order valence-corrected chi connectivity index (χ4v) is 11.4. The van der Waals surface area contributed by atoms with Gasteiger partial charge in [0.05, 0.1) is 19.3 Å². The zero-order chi connectivity index (χ0) is 34.0. The lowest BCUT2D eigenvalue weighted by molar-refractivity contribution is -0.209. The maximum atomic E-state index is 12.8. The molecule has 11 atom stereocenters. The van der Waals surface area contributed by atoms with Crippen LogP contribution in [0.2, 0.25) is 0 Å². The summed E-state index contributed by atoms with van der Waals surface area (Å²) in [7, 11) is 1.45. The van der Waals surface area contributed by atoms with Crippen molar-refractivity contribution in [2.75, 3.05) is 7.11 Å². The maximum Gasteiger partial charge on any atom is 0.306 e. The highest BCUT2D eigenvalue weighted by Gasteiger charge is 2.65. The van der Waals surface area contributed by atoms with Crippen molar-refractivity contribution in [1.29, 1.82) is 0 Å². The van der Waals surface area contributed by atoms with Crippen molar-refractivity contribution >= 4 is 11.9 Å². The van der Waals surface area contributed by atoms with Crippen LogP contribution in [0.15, 0.2) is 0 Å². The molecule has 0 bridgehead atoms. The zero-order valence-electron chi connectivity index (χ0n) is 31.0. The minimum Gasteiger partial charge on any atom is -0.469 e. The molecule has 47 heavy (non-hydrogen) atoms. The van der Waals surface area contributed by atoms with E-state index in [4.69, 9.17) is 9.47 Å². The average molecular weight is 661 g/mol. The monoisotopic (exact) mass is 661 g/mol. The number of hydrogen-bond acceptors (Lipinski definition) is 6. The summed E-state index contributed by atoms with van der Waals surface area (Å²) >= 11 is 0. The summed E-state index contributed by atoms with van der Waals surface area (Å²) < 4.78 is 10.9. The van der Waals surface area contributed by atoms with Gasteiger partial charge in [-0.3, -0.25) is 9.59 Å². The Hall–Kier alpha value is -1.14. The van der Waals surface area contributed by atoms with Crippen LogP contribution in [-0.4, -0.2) is 47.6 Å². The van der Waals surface area contributed by atoms with Crippen molar-refractivity contribution in [3.05, 3.63) is 0 Å². The van der Waals surface area contributed by atoms with Gasteiger partial charge in [-0.25, -0.2) is 0 Å². The smallest absolute Gasteiger partial charge is 0.306 e. The molecule has 0 unspecified atom stereocenters. The SMILES string of the molecule is CCCCCCCCCCCCCCCC(=O)O[C@@H]1CC[C@@]2(C)[C@@H](C1)C[C@@H](O)[C@@H]1[C@@H]2C[C@H](O)[C@]2(C)[C@@H]([C@H](C)CCC(=O)OC)CC[C@@H]12. The van der Waals surface area contributed by atoms with Gasteiger partial charge in [-0.2, -0.15) is 0 Å². The number of unbranched alkanes of at least 4 members (excludes halogenated alkanes) is 12. The molecule has 0 aliphatic heterocycles. The number of ether oxygens (including phenoxy) is 2. The molecule has 0 saturated heterocycles. The highest BCUT2D eigenvalue weighted by molar-refractivity contribution is 5.69. The standard InChI is InChI=1S/C41H72O6/c1-6-7-8-9-10-11-12-13-14-15-16-17-18-19-38(45)47-31-24-25-40(3)30(26-31)27-35(42)39-33-22-21-32(29(2)20-23-37(44)46-5)41(33,4)36(43)28-34(39)40/h29-36,39,42-43H,6-28H2,1-5H3/t29-,30+,31-,32-,33+,34+,35-,36+,39+,40+,41-/m1/s1. The number of rotatable bonds is 19. The Morgan fingerprint density at radius 2 is 1.38 bits per heavy atom. The summed E-state index contributed by atoms with van der Waals surface area (Å²) in [5, 5.41) is 23.6. The average Bonchev–Trinajstić information content (AvgIpc) is 3.41. The van der Waals surface area contributed by atoms with Gasteiger partial charge in [0.1, 0.15) is 6.10 Å². The number of hydrogen-bond donors (Lipinski definition) is 2. The van der Waals surface area contributed by atoms with E-state index < -0.39 is 6.10 Å². The Morgan fingerprint density at radius 1 is 0.766 bits per heavy atom. The molecular formula is C41H72O6. The second kappa shape index (κ2) is 18.2. The Bertz CT molecular complexity index is 968. The van der Waals surface area contributed by atoms with Crippen LogP contribution in [-0.2, 0) is 19.1 Å². The number of carbonyl (C=O) groups is 2. The summed E-state index contributed by atoms with van der Waals surface area (Å²) in [6.45, 7) is 9.19. The molecule has 0 amide bonds.